The number of aryl methyl sites for hydroxylation is 1. The van der Waals surface area contributed by atoms with E-state index in [0.29, 0.717) is 31.9 Å². The summed E-state index contributed by atoms with van der Waals surface area (Å²) in [5.74, 6) is 1.79. The van der Waals surface area contributed by atoms with Crippen molar-refractivity contribution in [2.45, 2.75) is 32.3 Å². The fourth-order valence-electron chi connectivity index (χ4n) is 2.58. The molecule has 0 radical (unpaired) electrons. The van der Waals surface area contributed by atoms with Gasteiger partial charge in [-0.2, -0.15) is 10.2 Å². The van der Waals surface area contributed by atoms with Gasteiger partial charge in [-0.1, -0.05) is 13.8 Å². The molecule has 0 spiro atoms. The first-order valence-corrected chi connectivity index (χ1v) is 7.82. The van der Waals surface area contributed by atoms with Gasteiger partial charge in [0.25, 0.3) is 0 Å². The molecule has 0 aliphatic carbocycles. The maximum atomic E-state index is 12.5. The number of ether oxygens (including phenoxy) is 1. The van der Waals surface area contributed by atoms with Gasteiger partial charge in [0.15, 0.2) is 11.6 Å². The maximum Gasteiger partial charge on any atom is 0.227 e. The van der Waals surface area contributed by atoms with Gasteiger partial charge in [-0.25, -0.2) is 4.98 Å². The number of rotatable bonds is 4. The van der Waals surface area contributed by atoms with E-state index in [1.807, 2.05) is 32.0 Å². The van der Waals surface area contributed by atoms with Gasteiger partial charge < -0.3 is 9.64 Å². The van der Waals surface area contributed by atoms with E-state index < -0.39 is 0 Å². The molecule has 8 heteroatoms. The second kappa shape index (κ2) is 6.49. The summed E-state index contributed by atoms with van der Waals surface area (Å²) < 4.78 is 7.45. The lowest BCUT2D eigenvalue weighted by molar-refractivity contribution is -0.138. The molecule has 8 nitrogen and oxygen atoms in total. The van der Waals surface area contributed by atoms with Crippen molar-refractivity contribution in [2.24, 2.45) is 7.05 Å². The minimum absolute atomic E-state index is 0.0786. The predicted octanol–water partition coefficient (Wildman–Crippen LogP) is 0.804. The highest BCUT2D eigenvalue weighted by molar-refractivity contribution is 5.78. The van der Waals surface area contributed by atoms with E-state index in [1.165, 1.54) is 0 Å². The summed E-state index contributed by atoms with van der Waals surface area (Å²) in [7, 11) is 1.84. The van der Waals surface area contributed by atoms with Gasteiger partial charge in [0.1, 0.15) is 6.10 Å². The average molecular weight is 318 g/mol. The van der Waals surface area contributed by atoms with Crippen molar-refractivity contribution in [1.82, 2.24) is 29.9 Å². The number of morpholine rings is 1. The Bertz CT molecular complexity index is 677. The van der Waals surface area contributed by atoms with E-state index in [2.05, 4.69) is 20.3 Å². The zero-order valence-corrected chi connectivity index (χ0v) is 13.7. The molecule has 3 heterocycles. The molecule has 0 aromatic carbocycles. The van der Waals surface area contributed by atoms with Crippen LogP contribution in [0, 0.1) is 0 Å². The largest absolute Gasteiger partial charge is 0.367 e. The number of amides is 1. The first kappa shape index (κ1) is 15.7. The molecule has 0 bridgehead atoms. The van der Waals surface area contributed by atoms with E-state index in [1.54, 1.807) is 10.9 Å². The van der Waals surface area contributed by atoms with E-state index in [0.717, 1.165) is 11.4 Å². The second-order valence-corrected chi connectivity index (χ2v) is 6.13. The normalized spacial score (nSPS) is 18.6. The van der Waals surface area contributed by atoms with Crippen LogP contribution in [0.25, 0.3) is 0 Å². The number of aromatic nitrogens is 5. The number of H-pyrrole nitrogens is 1. The highest BCUT2D eigenvalue weighted by Gasteiger charge is 2.28. The molecule has 0 unspecified atom stereocenters. The Labute approximate surface area is 134 Å². The molecule has 1 saturated heterocycles. The molecule has 1 aliphatic heterocycles. The zero-order chi connectivity index (χ0) is 16.4. The number of carbonyl (C=O) groups is 1. The number of nitrogens with zero attached hydrogens (tertiary/aromatic N) is 5. The lowest BCUT2D eigenvalue weighted by Crippen LogP contribution is -2.43. The number of hydrogen-bond acceptors (Lipinski definition) is 5. The van der Waals surface area contributed by atoms with Crippen molar-refractivity contribution in [1.29, 1.82) is 0 Å². The van der Waals surface area contributed by atoms with Crippen LogP contribution in [0.1, 0.15) is 43.1 Å². The summed E-state index contributed by atoms with van der Waals surface area (Å²) in [5, 5.41) is 11.2. The molecule has 2 aromatic heterocycles. The minimum atomic E-state index is -0.249. The number of aromatic amines is 1. The predicted molar refractivity (Wildman–Crippen MR) is 82.7 cm³/mol. The van der Waals surface area contributed by atoms with Crippen LogP contribution in [0.2, 0.25) is 0 Å². The Morgan fingerprint density at radius 2 is 2.35 bits per heavy atom. The lowest BCUT2D eigenvalue weighted by atomic mass is 10.2. The van der Waals surface area contributed by atoms with Crippen LogP contribution in [-0.2, 0) is 23.0 Å². The summed E-state index contributed by atoms with van der Waals surface area (Å²) in [5.41, 5.74) is 0.919. The Morgan fingerprint density at radius 1 is 1.52 bits per heavy atom. The van der Waals surface area contributed by atoms with Crippen molar-refractivity contribution < 1.29 is 9.53 Å². The van der Waals surface area contributed by atoms with Crippen LogP contribution < -0.4 is 0 Å². The zero-order valence-electron chi connectivity index (χ0n) is 13.7. The van der Waals surface area contributed by atoms with Gasteiger partial charge in [-0.3, -0.25) is 14.6 Å². The standard InChI is InChI=1S/C15H22N6O2/c1-10(2)14-17-15(19-18-14)12-9-21(4-5-23-12)13(22)6-11-7-16-20(3)8-11/h7-8,10,12H,4-6,9H2,1-3H3,(H,17,18,19)/t12-/m1/s1. The SMILES string of the molecule is CC(C)c1n[nH]c([C@H]2CN(C(=O)Cc3cnn(C)c3)CCO2)n1. The molecular weight excluding hydrogens is 296 g/mol. The van der Waals surface area contributed by atoms with E-state index in [-0.39, 0.29) is 17.9 Å². The van der Waals surface area contributed by atoms with E-state index in [9.17, 15) is 4.79 Å². The monoisotopic (exact) mass is 318 g/mol. The van der Waals surface area contributed by atoms with Crippen LogP contribution in [0.15, 0.2) is 12.4 Å². The molecule has 23 heavy (non-hydrogen) atoms. The number of hydrogen-bond donors (Lipinski definition) is 1. The van der Waals surface area contributed by atoms with Gasteiger partial charge in [-0.05, 0) is 5.56 Å². The summed E-state index contributed by atoms with van der Waals surface area (Å²) in [6.07, 6.45) is 3.69. The summed E-state index contributed by atoms with van der Waals surface area (Å²) in [6.45, 7) is 5.67. The summed E-state index contributed by atoms with van der Waals surface area (Å²) in [4.78, 5) is 18.7. The van der Waals surface area contributed by atoms with Crippen LogP contribution in [0.4, 0.5) is 0 Å². The quantitative estimate of drug-likeness (QED) is 0.901. The van der Waals surface area contributed by atoms with Crippen LogP contribution in [-0.4, -0.2) is 55.5 Å². The Hall–Kier alpha value is -2.22. The third kappa shape index (κ3) is 3.58. The Kier molecular flexibility index (Phi) is 4.42. The van der Waals surface area contributed by atoms with Crippen LogP contribution in [0.5, 0.6) is 0 Å². The smallest absolute Gasteiger partial charge is 0.227 e. The Balaban J connectivity index is 1.64. The highest BCUT2D eigenvalue weighted by Crippen LogP contribution is 2.21. The first-order valence-electron chi connectivity index (χ1n) is 7.82. The van der Waals surface area contributed by atoms with Crippen LogP contribution in [0.3, 0.4) is 0 Å². The molecular formula is C15H22N6O2. The Morgan fingerprint density at radius 3 is 3.00 bits per heavy atom. The molecule has 1 N–H and O–H groups in total. The minimum Gasteiger partial charge on any atom is -0.367 e. The molecule has 1 atom stereocenters. The van der Waals surface area contributed by atoms with Crippen LogP contribution >= 0.6 is 0 Å². The third-order valence-corrected chi connectivity index (χ3v) is 3.87. The summed E-state index contributed by atoms with van der Waals surface area (Å²) in [6, 6.07) is 0. The maximum absolute atomic E-state index is 12.5. The van der Waals surface area contributed by atoms with E-state index in [4.69, 9.17) is 4.74 Å². The second-order valence-electron chi connectivity index (χ2n) is 6.13. The first-order chi connectivity index (χ1) is 11.0. The summed E-state index contributed by atoms with van der Waals surface area (Å²) >= 11 is 0. The topological polar surface area (TPSA) is 88.9 Å². The van der Waals surface area contributed by atoms with Crippen molar-refractivity contribution in [2.75, 3.05) is 19.7 Å². The van der Waals surface area contributed by atoms with E-state index >= 15 is 0 Å². The molecule has 124 valence electrons. The number of nitrogens with one attached hydrogen (secondary N) is 1. The molecule has 3 rings (SSSR count). The van der Waals surface area contributed by atoms with Crippen molar-refractivity contribution in [3.8, 4) is 0 Å². The van der Waals surface area contributed by atoms with Gasteiger partial charge in [0.05, 0.1) is 25.8 Å². The van der Waals surface area contributed by atoms with Gasteiger partial charge in [0, 0.05) is 25.7 Å². The fourth-order valence-corrected chi connectivity index (χ4v) is 2.58. The van der Waals surface area contributed by atoms with Gasteiger partial charge >= 0.3 is 0 Å². The number of carbonyl (C=O) groups excluding carboxylic acids is 1. The molecule has 1 amide bonds. The molecule has 0 saturated carbocycles. The fraction of sp³-hybridized carbons (Fsp3) is 0.600. The van der Waals surface area contributed by atoms with Gasteiger partial charge in [-0.15, -0.1) is 0 Å². The highest BCUT2D eigenvalue weighted by atomic mass is 16.5. The third-order valence-electron chi connectivity index (χ3n) is 3.87. The van der Waals surface area contributed by atoms with Crippen molar-refractivity contribution >= 4 is 5.91 Å². The van der Waals surface area contributed by atoms with Crippen molar-refractivity contribution in [3.05, 3.63) is 29.6 Å². The van der Waals surface area contributed by atoms with Crippen molar-refractivity contribution in [3.63, 3.8) is 0 Å². The lowest BCUT2D eigenvalue weighted by Gasteiger charge is -2.31. The molecule has 1 fully saturated rings. The molecule has 1 aliphatic rings. The average Bonchev–Trinajstić information content (AvgIpc) is 3.17. The van der Waals surface area contributed by atoms with Gasteiger partial charge in [0.2, 0.25) is 5.91 Å². The molecule has 2 aromatic rings.